The van der Waals surface area contributed by atoms with E-state index >= 15 is 0 Å². The second-order valence-electron chi connectivity index (χ2n) is 5.06. The van der Waals surface area contributed by atoms with Crippen LogP contribution in [0, 0.1) is 17.0 Å². The van der Waals surface area contributed by atoms with Gasteiger partial charge in [-0.3, -0.25) is 10.1 Å². The standard InChI is InChI=1S/C14H20N2O3/c1-11-5-4-8-13(16(18)19)14(11)15(9-10-17)12-6-2-3-7-12/h4-5,8,12,17H,2-3,6-7,9-10H2,1H3. The molecule has 0 unspecified atom stereocenters. The van der Waals surface area contributed by atoms with Crippen LogP contribution in [0.2, 0.25) is 0 Å². The van der Waals surface area contributed by atoms with Crippen molar-refractivity contribution in [1.29, 1.82) is 0 Å². The van der Waals surface area contributed by atoms with E-state index in [0.29, 0.717) is 18.3 Å². The van der Waals surface area contributed by atoms with Crippen LogP contribution in [0.3, 0.4) is 0 Å². The molecule has 0 heterocycles. The van der Waals surface area contributed by atoms with Gasteiger partial charge >= 0.3 is 0 Å². The Kier molecular flexibility index (Phi) is 4.37. The van der Waals surface area contributed by atoms with E-state index in [0.717, 1.165) is 31.2 Å². The van der Waals surface area contributed by atoms with Crippen LogP contribution in [0.1, 0.15) is 31.2 Å². The highest BCUT2D eigenvalue weighted by molar-refractivity contribution is 5.68. The first-order valence-electron chi connectivity index (χ1n) is 6.76. The van der Waals surface area contributed by atoms with Crippen LogP contribution < -0.4 is 4.90 Å². The van der Waals surface area contributed by atoms with Crippen molar-refractivity contribution in [1.82, 2.24) is 0 Å². The molecule has 0 bridgehead atoms. The predicted octanol–water partition coefficient (Wildman–Crippen LogP) is 2.64. The van der Waals surface area contributed by atoms with Gasteiger partial charge in [0.25, 0.3) is 5.69 Å². The Morgan fingerprint density at radius 2 is 2.11 bits per heavy atom. The zero-order chi connectivity index (χ0) is 13.8. The molecule has 1 saturated carbocycles. The molecule has 1 aromatic carbocycles. The monoisotopic (exact) mass is 264 g/mol. The van der Waals surface area contributed by atoms with Gasteiger partial charge in [0.15, 0.2) is 0 Å². The van der Waals surface area contributed by atoms with E-state index in [1.165, 1.54) is 0 Å². The number of para-hydroxylation sites is 1. The molecule has 1 N–H and O–H groups in total. The normalized spacial score (nSPS) is 15.7. The van der Waals surface area contributed by atoms with Crippen LogP contribution in [0.5, 0.6) is 0 Å². The summed E-state index contributed by atoms with van der Waals surface area (Å²) in [4.78, 5) is 12.9. The van der Waals surface area contributed by atoms with E-state index < -0.39 is 0 Å². The third kappa shape index (κ3) is 2.87. The fraction of sp³-hybridized carbons (Fsp3) is 0.571. The summed E-state index contributed by atoms with van der Waals surface area (Å²) in [6.07, 6.45) is 4.41. The number of aryl methyl sites for hydroxylation is 1. The molecule has 5 nitrogen and oxygen atoms in total. The van der Waals surface area contributed by atoms with Crippen molar-refractivity contribution in [2.45, 2.75) is 38.6 Å². The maximum absolute atomic E-state index is 11.2. The molecule has 1 fully saturated rings. The Hall–Kier alpha value is -1.62. The summed E-state index contributed by atoms with van der Waals surface area (Å²) in [5.74, 6) is 0. The number of anilines is 1. The quantitative estimate of drug-likeness (QED) is 0.656. The van der Waals surface area contributed by atoms with Crippen LogP contribution in [0.4, 0.5) is 11.4 Å². The predicted molar refractivity (Wildman–Crippen MR) is 74.5 cm³/mol. The summed E-state index contributed by atoms with van der Waals surface area (Å²) >= 11 is 0. The fourth-order valence-corrected chi connectivity index (χ4v) is 2.97. The lowest BCUT2D eigenvalue weighted by Gasteiger charge is -2.31. The van der Waals surface area contributed by atoms with Gasteiger partial charge in [0, 0.05) is 18.7 Å². The summed E-state index contributed by atoms with van der Waals surface area (Å²) in [6, 6.07) is 5.46. The van der Waals surface area contributed by atoms with E-state index in [2.05, 4.69) is 0 Å². The summed E-state index contributed by atoms with van der Waals surface area (Å²) in [5.41, 5.74) is 1.71. The lowest BCUT2D eigenvalue weighted by atomic mass is 10.1. The molecule has 19 heavy (non-hydrogen) atoms. The topological polar surface area (TPSA) is 66.6 Å². The molecular weight excluding hydrogens is 244 g/mol. The number of nitro benzene ring substituents is 1. The molecule has 0 aliphatic heterocycles. The first-order valence-corrected chi connectivity index (χ1v) is 6.76. The van der Waals surface area contributed by atoms with E-state index in [4.69, 9.17) is 0 Å². The summed E-state index contributed by atoms with van der Waals surface area (Å²) in [5, 5.41) is 20.5. The van der Waals surface area contributed by atoms with Crippen LogP contribution in [-0.2, 0) is 0 Å². The molecule has 1 aliphatic carbocycles. The van der Waals surface area contributed by atoms with E-state index in [1.54, 1.807) is 12.1 Å². The van der Waals surface area contributed by atoms with E-state index in [-0.39, 0.29) is 17.2 Å². The Labute approximate surface area is 113 Å². The fourth-order valence-electron chi connectivity index (χ4n) is 2.97. The van der Waals surface area contributed by atoms with Crippen molar-refractivity contribution in [3.63, 3.8) is 0 Å². The first kappa shape index (κ1) is 13.8. The minimum atomic E-state index is -0.332. The first-order chi connectivity index (χ1) is 9.15. The van der Waals surface area contributed by atoms with Gasteiger partial charge < -0.3 is 10.0 Å². The molecular formula is C14H20N2O3. The van der Waals surface area contributed by atoms with Gasteiger partial charge in [-0.25, -0.2) is 0 Å². The van der Waals surface area contributed by atoms with Crippen molar-refractivity contribution in [2.75, 3.05) is 18.1 Å². The number of nitrogens with zero attached hydrogens (tertiary/aromatic N) is 2. The van der Waals surface area contributed by atoms with Crippen LogP contribution in [0.25, 0.3) is 0 Å². The second-order valence-corrected chi connectivity index (χ2v) is 5.06. The lowest BCUT2D eigenvalue weighted by molar-refractivity contribution is -0.384. The molecule has 0 radical (unpaired) electrons. The Morgan fingerprint density at radius 3 is 2.68 bits per heavy atom. The molecule has 0 atom stereocenters. The summed E-state index contributed by atoms with van der Waals surface area (Å²) in [7, 11) is 0. The highest BCUT2D eigenvalue weighted by atomic mass is 16.6. The zero-order valence-electron chi connectivity index (χ0n) is 11.2. The maximum atomic E-state index is 11.2. The number of hydrogen-bond donors (Lipinski definition) is 1. The molecule has 0 aromatic heterocycles. The lowest BCUT2D eigenvalue weighted by Crippen LogP contribution is -2.36. The smallest absolute Gasteiger partial charge is 0.292 e. The number of aliphatic hydroxyl groups excluding tert-OH is 1. The highest BCUT2D eigenvalue weighted by Crippen LogP contribution is 2.36. The highest BCUT2D eigenvalue weighted by Gasteiger charge is 2.28. The summed E-state index contributed by atoms with van der Waals surface area (Å²) in [6.45, 7) is 2.36. The van der Waals surface area contributed by atoms with Gasteiger partial charge in [0.05, 0.1) is 11.5 Å². The van der Waals surface area contributed by atoms with Crippen molar-refractivity contribution < 1.29 is 10.0 Å². The average Bonchev–Trinajstić information content (AvgIpc) is 2.89. The minimum Gasteiger partial charge on any atom is -0.395 e. The number of aliphatic hydroxyl groups is 1. The van der Waals surface area contributed by atoms with Crippen molar-refractivity contribution in [2.24, 2.45) is 0 Å². The number of benzene rings is 1. The van der Waals surface area contributed by atoms with Gasteiger partial charge in [-0.15, -0.1) is 0 Å². The molecule has 0 saturated heterocycles. The van der Waals surface area contributed by atoms with E-state index in [1.807, 2.05) is 17.9 Å². The van der Waals surface area contributed by atoms with Crippen molar-refractivity contribution >= 4 is 11.4 Å². The number of nitro groups is 1. The van der Waals surface area contributed by atoms with Gasteiger partial charge in [0.2, 0.25) is 0 Å². The molecule has 1 aliphatic rings. The molecule has 5 heteroatoms. The Bertz CT molecular complexity index is 456. The molecule has 1 aromatic rings. The molecule has 0 amide bonds. The van der Waals surface area contributed by atoms with Crippen LogP contribution >= 0.6 is 0 Å². The SMILES string of the molecule is Cc1cccc([N+](=O)[O-])c1N(CCO)C1CCCC1. The third-order valence-corrected chi connectivity index (χ3v) is 3.81. The van der Waals surface area contributed by atoms with Crippen LogP contribution in [-0.4, -0.2) is 29.2 Å². The Morgan fingerprint density at radius 1 is 1.42 bits per heavy atom. The molecule has 2 rings (SSSR count). The maximum Gasteiger partial charge on any atom is 0.292 e. The molecule has 104 valence electrons. The van der Waals surface area contributed by atoms with Gasteiger partial charge in [0.1, 0.15) is 5.69 Å². The average molecular weight is 264 g/mol. The Balaban J connectivity index is 2.42. The van der Waals surface area contributed by atoms with Gasteiger partial charge in [-0.2, -0.15) is 0 Å². The zero-order valence-corrected chi connectivity index (χ0v) is 11.2. The van der Waals surface area contributed by atoms with Gasteiger partial charge in [-0.1, -0.05) is 25.0 Å². The van der Waals surface area contributed by atoms with Crippen molar-refractivity contribution in [3.8, 4) is 0 Å². The van der Waals surface area contributed by atoms with E-state index in [9.17, 15) is 15.2 Å². The number of rotatable bonds is 5. The molecule has 0 spiro atoms. The third-order valence-electron chi connectivity index (χ3n) is 3.81. The second kappa shape index (κ2) is 6.02. The number of hydrogen-bond acceptors (Lipinski definition) is 4. The summed E-state index contributed by atoms with van der Waals surface area (Å²) < 4.78 is 0. The largest absolute Gasteiger partial charge is 0.395 e. The van der Waals surface area contributed by atoms with Crippen molar-refractivity contribution in [3.05, 3.63) is 33.9 Å². The van der Waals surface area contributed by atoms with Gasteiger partial charge in [-0.05, 0) is 25.3 Å². The minimum absolute atomic E-state index is 0.0159. The van der Waals surface area contributed by atoms with Crippen LogP contribution in [0.15, 0.2) is 18.2 Å².